The number of aromatic nitrogens is 2. The van der Waals surface area contributed by atoms with E-state index < -0.39 is 5.91 Å². The molecule has 0 aliphatic heterocycles. The molecule has 3 aromatic carbocycles. The van der Waals surface area contributed by atoms with Crippen LogP contribution in [0.25, 0.3) is 28.1 Å². The Bertz CT molecular complexity index is 1250. The normalized spacial score (nSPS) is 12.2. The minimum Gasteiger partial charge on any atom is -0.288 e. The van der Waals surface area contributed by atoms with Gasteiger partial charge in [-0.25, -0.2) is 5.48 Å². The number of aromatic amines is 1. The van der Waals surface area contributed by atoms with Crippen LogP contribution in [-0.4, -0.2) is 21.3 Å². The molecule has 5 nitrogen and oxygen atoms in total. The van der Waals surface area contributed by atoms with Crippen LogP contribution < -0.4 is 5.48 Å². The molecule has 5 heteroatoms. The molecule has 4 aromatic rings. The van der Waals surface area contributed by atoms with Gasteiger partial charge in [-0.05, 0) is 58.0 Å². The molecule has 3 N–H and O–H groups in total. The van der Waals surface area contributed by atoms with E-state index in [2.05, 4.69) is 71.7 Å². The van der Waals surface area contributed by atoms with Crippen molar-refractivity contribution in [2.45, 2.75) is 13.3 Å². The number of amides is 1. The topological polar surface area (TPSA) is 78.0 Å². The van der Waals surface area contributed by atoms with Crippen molar-refractivity contribution in [2.24, 2.45) is 0 Å². The van der Waals surface area contributed by atoms with Crippen LogP contribution in [0.4, 0.5) is 0 Å². The fraction of sp³-hybridized carbons (Fsp3) is 0.0769. The van der Waals surface area contributed by atoms with E-state index in [9.17, 15) is 4.79 Å². The first-order chi connectivity index (χ1) is 15.2. The number of nitrogens with one attached hydrogen (secondary N) is 2. The molecule has 0 bridgehead atoms. The third-order valence-corrected chi connectivity index (χ3v) is 5.24. The zero-order valence-corrected chi connectivity index (χ0v) is 17.2. The minimum absolute atomic E-state index is 0.560. The summed E-state index contributed by atoms with van der Waals surface area (Å²) in [6.45, 7) is 2.17. The largest absolute Gasteiger partial charge is 0.288 e. The Kier molecular flexibility index (Phi) is 6.05. The lowest BCUT2D eigenvalue weighted by Gasteiger charge is -2.16. The summed E-state index contributed by atoms with van der Waals surface area (Å²) in [5.74, 6) is -0.560. The fourth-order valence-electron chi connectivity index (χ4n) is 3.75. The van der Waals surface area contributed by atoms with Crippen LogP contribution in [0.1, 0.15) is 35.6 Å². The average molecular weight is 409 g/mol. The summed E-state index contributed by atoms with van der Waals surface area (Å²) in [5.41, 5.74) is 9.30. The van der Waals surface area contributed by atoms with Gasteiger partial charge >= 0.3 is 0 Å². The van der Waals surface area contributed by atoms with E-state index in [1.54, 1.807) is 11.6 Å². The summed E-state index contributed by atoms with van der Waals surface area (Å²) >= 11 is 0. The van der Waals surface area contributed by atoms with E-state index >= 15 is 0 Å². The van der Waals surface area contributed by atoms with E-state index in [-0.39, 0.29) is 0 Å². The monoisotopic (exact) mass is 409 g/mol. The highest BCUT2D eigenvalue weighted by Crippen LogP contribution is 2.35. The van der Waals surface area contributed by atoms with Crippen LogP contribution in [0.5, 0.6) is 0 Å². The molecule has 0 saturated carbocycles. The molecule has 0 spiro atoms. The molecule has 0 atom stereocenters. The molecule has 1 amide bonds. The molecule has 0 unspecified atom stereocenters. The van der Waals surface area contributed by atoms with Crippen LogP contribution >= 0.6 is 0 Å². The predicted octanol–water partition coefficient (Wildman–Crippen LogP) is 5.45. The number of nitrogens with zero attached hydrogens (tertiary/aromatic N) is 1. The smallest absolute Gasteiger partial charge is 0.267 e. The van der Waals surface area contributed by atoms with E-state index in [0.717, 1.165) is 34.0 Å². The fourth-order valence-corrected chi connectivity index (χ4v) is 3.75. The van der Waals surface area contributed by atoms with Gasteiger partial charge in [0.1, 0.15) is 0 Å². The Balaban J connectivity index is 1.85. The van der Waals surface area contributed by atoms with Crippen molar-refractivity contribution >= 4 is 34.0 Å². The lowest BCUT2D eigenvalue weighted by atomic mass is 9.87. The molecule has 0 radical (unpaired) electrons. The highest BCUT2D eigenvalue weighted by molar-refractivity contribution is 6.00. The third-order valence-electron chi connectivity index (χ3n) is 5.24. The lowest BCUT2D eigenvalue weighted by molar-refractivity contribution is -0.124. The van der Waals surface area contributed by atoms with Gasteiger partial charge in [0.25, 0.3) is 5.91 Å². The Labute approximate surface area is 180 Å². The Morgan fingerprint density at radius 3 is 2.45 bits per heavy atom. The van der Waals surface area contributed by atoms with Gasteiger partial charge < -0.3 is 0 Å². The SMILES string of the molecule is CCC(=C(c1ccc(C=CC(=O)NO)cc1)c1ccc2[nH]ncc2c1)c1ccccc1. The quantitative estimate of drug-likeness (QED) is 0.171. The van der Waals surface area contributed by atoms with Crippen molar-refractivity contribution in [2.75, 3.05) is 0 Å². The second-order valence-electron chi connectivity index (χ2n) is 7.18. The summed E-state index contributed by atoms with van der Waals surface area (Å²) in [5, 5.41) is 16.9. The van der Waals surface area contributed by atoms with Crippen LogP contribution in [0.15, 0.2) is 85.1 Å². The molecule has 1 heterocycles. The van der Waals surface area contributed by atoms with E-state index in [0.29, 0.717) is 0 Å². The number of fused-ring (bicyclic) bond motifs is 1. The number of carbonyl (C=O) groups is 1. The third kappa shape index (κ3) is 4.47. The Morgan fingerprint density at radius 1 is 1.00 bits per heavy atom. The van der Waals surface area contributed by atoms with Gasteiger partial charge in [0, 0.05) is 11.5 Å². The number of carbonyl (C=O) groups excluding carboxylic acids is 1. The molecule has 0 fully saturated rings. The van der Waals surface area contributed by atoms with Gasteiger partial charge in [0.15, 0.2) is 0 Å². The van der Waals surface area contributed by atoms with E-state index in [4.69, 9.17) is 5.21 Å². The van der Waals surface area contributed by atoms with Crippen molar-refractivity contribution < 1.29 is 10.0 Å². The van der Waals surface area contributed by atoms with Crippen LogP contribution in [0.3, 0.4) is 0 Å². The number of allylic oxidation sites excluding steroid dienone is 1. The summed E-state index contributed by atoms with van der Waals surface area (Å²) in [7, 11) is 0. The second-order valence-corrected chi connectivity index (χ2v) is 7.18. The zero-order valence-electron chi connectivity index (χ0n) is 17.2. The molecular formula is C26H23N3O2. The maximum absolute atomic E-state index is 11.3. The van der Waals surface area contributed by atoms with Crippen molar-refractivity contribution in [3.05, 3.63) is 107 Å². The maximum Gasteiger partial charge on any atom is 0.267 e. The number of hydroxylamine groups is 1. The lowest BCUT2D eigenvalue weighted by Crippen LogP contribution is -2.14. The molecular weight excluding hydrogens is 386 g/mol. The predicted molar refractivity (Wildman–Crippen MR) is 124 cm³/mol. The van der Waals surface area contributed by atoms with Gasteiger partial charge in [-0.15, -0.1) is 0 Å². The molecule has 4 rings (SSSR count). The van der Waals surface area contributed by atoms with Crippen molar-refractivity contribution in [3.8, 4) is 0 Å². The first kappa shape index (κ1) is 20.3. The maximum atomic E-state index is 11.3. The van der Waals surface area contributed by atoms with Gasteiger partial charge in [0.2, 0.25) is 0 Å². The number of hydrogen-bond acceptors (Lipinski definition) is 3. The average Bonchev–Trinajstić information content (AvgIpc) is 3.30. The molecule has 1 aromatic heterocycles. The molecule has 31 heavy (non-hydrogen) atoms. The summed E-state index contributed by atoms with van der Waals surface area (Å²) in [6, 6.07) is 24.8. The first-order valence-corrected chi connectivity index (χ1v) is 10.1. The van der Waals surface area contributed by atoms with E-state index in [1.165, 1.54) is 22.8 Å². The molecule has 0 saturated heterocycles. The highest BCUT2D eigenvalue weighted by atomic mass is 16.5. The number of H-pyrrole nitrogens is 1. The summed E-state index contributed by atoms with van der Waals surface area (Å²) in [4.78, 5) is 11.3. The van der Waals surface area contributed by atoms with Gasteiger partial charge in [-0.1, -0.05) is 67.6 Å². The zero-order chi connectivity index (χ0) is 21.6. The van der Waals surface area contributed by atoms with Crippen molar-refractivity contribution in [3.63, 3.8) is 0 Å². The number of benzene rings is 3. The van der Waals surface area contributed by atoms with Crippen LogP contribution in [0, 0.1) is 0 Å². The van der Waals surface area contributed by atoms with Gasteiger partial charge in [0.05, 0.1) is 11.7 Å². The van der Waals surface area contributed by atoms with Crippen LogP contribution in [0.2, 0.25) is 0 Å². The van der Waals surface area contributed by atoms with Crippen molar-refractivity contribution in [1.82, 2.24) is 15.7 Å². The summed E-state index contributed by atoms with van der Waals surface area (Å²) in [6.07, 6.45) is 5.67. The summed E-state index contributed by atoms with van der Waals surface area (Å²) < 4.78 is 0. The minimum atomic E-state index is -0.560. The molecule has 154 valence electrons. The first-order valence-electron chi connectivity index (χ1n) is 10.1. The number of rotatable bonds is 6. The second kappa shape index (κ2) is 9.24. The van der Waals surface area contributed by atoms with Gasteiger partial charge in [-0.2, -0.15) is 5.10 Å². The van der Waals surface area contributed by atoms with Gasteiger partial charge in [-0.3, -0.25) is 15.1 Å². The van der Waals surface area contributed by atoms with Crippen molar-refractivity contribution in [1.29, 1.82) is 0 Å². The Hall–Kier alpha value is -3.96. The van der Waals surface area contributed by atoms with Crippen LogP contribution in [-0.2, 0) is 4.79 Å². The molecule has 0 aliphatic rings. The number of hydrogen-bond donors (Lipinski definition) is 3. The Morgan fingerprint density at radius 2 is 1.74 bits per heavy atom. The molecule has 0 aliphatic carbocycles. The standard InChI is InChI=1S/C26H23N3O2/c1-2-23(19-6-4-3-5-7-19)26(21-13-14-24-22(16-21)17-27-28-24)20-11-8-18(9-12-20)10-15-25(30)29-31/h3-17,31H,2H2,1H3,(H,27,28)(H,29,30). The van der Waals surface area contributed by atoms with E-state index in [1.807, 2.05) is 24.4 Å². The highest BCUT2D eigenvalue weighted by Gasteiger charge is 2.14.